The summed E-state index contributed by atoms with van der Waals surface area (Å²) < 4.78 is 15.4. The Morgan fingerprint density at radius 1 is 1.17 bits per heavy atom. The summed E-state index contributed by atoms with van der Waals surface area (Å²) in [5, 5.41) is 11.2. The summed E-state index contributed by atoms with van der Waals surface area (Å²) in [6, 6.07) is 2.66. The molecule has 9 heteroatoms. The molecule has 0 aromatic heterocycles. The average Bonchev–Trinajstić information content (AvgIpc) is 3.09. The predicted molar refractivity (Wildman–Crippen MR) is 105 cm³/mol. The largest absolute Gasteiger partial charge is 0.454 e. The Kier molecular flexibility index (Phi) is 7.58. The zero-order valence-electron chi connectivity index (χ0n) is 17.0. The molecule has 0 fully saturated rings. The van der Waals surface area contributed by atoms with Gasteiger partial charge >= 0.3 is 5.97 Å². The van der Waals surface area contributed by atoms with Gasteiger partial charge in [0.1, 0.15) is 0 Å². The molecule has 1 aromatic rings. The van der Waals surface area contributed by atoms with Crippen LogP contribution in [-0.4, -0.2) is 48.2 Å². The van der Waals surface area contributed by atoms with Gasteiger partial charge in [-0.1, -0.05) is 27.7 Å². The van der Waals surface area contributed by atoms with Gasteiger partial charge in [-0.3, -0.25) is 14.9 Å². The second-order valence-corrected chi connectivity index (χ2v) is 7.55. The van der Waals surface area contributed by atoms with E-state index in [1.165, 1.54) is 18.2 Å². The normalized spacial score (nSPS) is 12.6. The number of ether oxygens (including phenoxy) is 3. The Bertz CT molecular complexity index is 792. The van der Waals surface area contributed by atoms with Crippen molar-refractivity contribution in [3.05, 3.63) is 33.9 Å². The van der Waals surface area contributed by atoms with Gasteiger partial charge in [-0.15, -0.1) is 0 Å². The van der Waals surface area contributed by atoms with Gasteiger partial charge in [0.05, 0.1) is 16.6 Å². The smallest absolute Gasteiger partial charge is 0.331 e. The molecule has 0 N–H and O–H groups in total. The van der Waals surface area contributed by atoms with E-state index in [1.54, 1.807) is 4.90 Å². The van der Waals surface area contributed by atoms with Crippen LogP contribution in [0.15, 0.2) is 18.2 Å². The van der Waals surface area contributed by atoms with Gasteiger partial charge < -0.3 is 19.1 Å². The lowest BCUT2D eigenvalue weighted by molar-refractivity contribution is -0.385. The third kappa shape index (κ3) is 6.48. The average molecular weight is 406 g/mol. The van der Waals surface area contributed by atoms with Gasteiger partial charge in [0.15, 0.2) is 18.1 Å². The van der Waals surface area contributed by atoms with E-state index in [-0.39, 0.29) is 36.3 Å². The molecule has 0 spiro atoms. The number of nitrogens with zero attached hydrogens (tertiary/aromatic N) is 2. The molecule has 0 radical (unpaired) electrons. The highest BCUT2D eigenvalue weighted by Gasteiger charge is 2.22. The standard InChI is InChI=1S/C20H26N2O7/c1-13(2)9-21(10-14(3)4)19(23)11-27-20(24)6-5-15-7-17-18(29-12-28-17)8-16(15)22(25)26/h5-8,13-14H,9-12H2,1-4H3/b6-5+. The van der Waals surface area contributed by atoms with Gasteiger partial charge in [0, 0.05) is 19.2 Å². The molecule has 0 aliphatic carbocycles. The highest BCUT2D eigenvalue weighted by Crippen LogP contribution is 2.38. The summed E-state index contributed by atoms with van der Waals surface area (Å²) in [6.45, 7) is 8.78. The Morgan fingerprint density at radius 2 is 1.76 bits per heavy atom. The molecule has 0 saturated heterocycles. The van der Waals surface area contributed by atoms with Crippen LogP contribution < -0.4 is 9.47 Å². The highest BCUT2D eigenvalue weighted by molar-refractivity contribution is 5.90. The van der Waals surface area contributed by atoms with Crippen molar-refractivity contribution < 1.29 is 28.7 Å². The van der Waals surface area contributed by atoms with E-state index in [0.29, 0.717) is 30.7 Å². The molecule has 1 heterocycles. The molecule has 9 nitrogen and oxygen atoms in total. The number of esters is 1. The van der Waals surface area contributed by atoms with Crippen molar-refractivity contribution in [2.45, 2.75) is 27.7 Å². The monoisotopic (exact) mass is 406 g/mol. The number of carbonyl (C=O) groups excluding carboxylic acids is 2. The third-order valence-electron chi connectivity index (χ3n) is 3.98. The molecular formula is C20H26N2O7. The number of amides is 1. The molecule has 0 saturated carbocycles. The first-order chi connectivity index (χ1) is 13.7. The maximum atomic E-state index is 12.4. The van der Waals surface area contributed by atoms with Crippen LogP contribution in [-0.2, 0) is 14.3 Å². The number of fused-ring (bicyclic) bond motifs is 1. The first kappa shape index (κ1) is 22.2. The van der Waals surface area contributed by atoms with Crippen molar-refractivity contribution in [3.8, 4) is 11.5 Å². The quantitative estimate of drug-likeness (QED) is 0.268. The van der Waals surface area contributed by atoms with Crippen LogP contribution in [0.4, 0.5) is 5.69 Å². The van der Waals surface area contributed by atoms with Crippen LogP contribution in [0, 0.1) is 22.0 Å². The Hall–Kier alpha value is -3.10. The lowest BCUT2D eigenvalue weighted by Gasteiger charge is -2.26. The zero-order chi connectivity index (χ0) is 21.6. The van der Waals surface area contributed by atoms with Crippen molar-refractivity contribution in [3.63, 3.8) is 0 Å². The molecule has 1 aliphatic rings. The van der Waals surface area contributed by atoms with Crippen LogP contribution in [0.3, 0.4) is 0 Å². The first-order valence-corrected chi connectivity index (χ1v) is 9.38. The molecule has 1 aliphatic heterocycles. The number of rotatable bonds is 9. The van der Waals surface area contributed by atoms with Crippen molar-refractivity contribution in [1.29, 1.82) is 0 Å². The maximum Gasteiger partial charge on any atom is 0.331 e. The summed E-state index contributed by atoms with van der Waals surface area (Å²) in [5.41, 5.74) is -0.0572. The molecule has 1 amide bonds. The number of nitro benzene ring substituents is 1. The minimum Gasteiger partial charge on any atom is -0.454 e. The summed E-state index contributed by atoms with van der Waals surface area (Å²) in [6.07, 6.45) is 2.31. The van der Waals surface area contributed by atoms with Crippen molar-refractivity contribution in [2.75, 3.05) is 26.5 Å². The Labute approximate surface area is 169 Å². The first-order valence-electron chi connectivity index (χ1n) is 9.38. The molecule has 158 valence electrons. The summed E-state index contributed by atoms with van der Waals surface area (Å²) in [5.74, 6) is 0.177. The highest BCUT2D eigenvalue weighted by atomic mass is 16.7. The van der Waals surface area contributed by atoms with E-state index < -0.39 is 10.9 Å². The van der Waals surface area contributed by atoms with E-state index in [9.17, 15) is 19.7 Å². The van der Waals surface area contributed by atoms with Crippen LogP contribution >= 0.6 is 0 Å². The lowest BCUT2D eigenvalue weighted by Crippen LogP contribution is -2.39. The summed E-state index contributed by atoms with van der Waals surface area (Å²) in [7, 11) is 0. The molecule has 1 aromatic carbocycles. The van der Waals surface area contributed by atoms with E-state index >= 15 is 0 Å². The van der Waals surface area contributed by atoms with Crippen molar-refractivity contribution >= 4 is 23.6 Å². The SMILES string of the molecule is CC(C)CN(CC(C)C)C(=O)COC(=O)/C=C/c1cc2c(cc1[N+](=O)[O-])OCO2. The third-order valence-corrected chi connectivity index (χ3v) is 3.98. The van der Waals surface area contributed by atoms with E-state index in [0.717, 1.165) is 6.08 Å². The lowest BCUT2D eigenvalue weighted by atomic mass is 10.1. The number of hydrogen-bond acceptors (Lipinski definition) is 7. The number of hydrogen-bond donors (Lipinski definition) is 0. The molecule has 0 unspecified atom stereocenters. The van der Waals surface area contributed by atoms with Gasteiger partial charge in [-0.05, 0) is 24.0 Å². The second kappa shape index (κ2) is 9.90. The van der Waals surface area contributed by atoms with Crippen molar-refractivity contribution in [2.24, 2.45) is 11.8 Å². The van der Waals surface area contributed by atoms with Crippen molar-refractivity contribution in [1.82, 2.24) is 4.90 Å². The second-order valence-electron chi connectivity index (χ2n) is 7.55. The maximum absolute atomic E-state index is 12.4. The van der Waals surface area contributed by atoms with Gasteiger partial charge in [0.2, 0.25) is 6.79 Å². The van der Waals surface area contributed by atoms with E-state index in [1.807, 2.05) is 27.7 Å². The Morgan fingerprint density at radius 3 is 2.31 bits per heavy atom. The zero-order valence-corrected chi connectivity index (χ0v) is 17.0. The predicted octanol–water partition coefficient (Wildman–Crippen LogP) is 3.02. The van der Waals surface area contributed by atoms with E-state index in [4.69, 9.17) is 14.2 Å². The molecule has 29 heavy (non-hydrogen) atoms. The topological polar surface area (TPSA) is 108 Å². The number of carbonyl (C=O) groups is 2. The molecule has 0 atom stereocenters. The minimum atomic E-state index is -0.764. The molecule has 2 rings (SSSR count). The van der Waals surface area contributed by atoms with Crippen LogP contribution in [0.5, 0.6) is 11.5 Å². The fourth-order valence-electron chi connectivity index (χ4n) is 2.83. The fraction of sp³-hybridized carbons (Fsp3) is 0.500. The minimum absolute atomic E-state index is 0.0208. The Balaban J connectivity index is 2.01. The summed E-state index contributed by atoms with van der Waals surface area (Å²) in [4.78, 5) is 36.7. The fourth-order valence-corrected chi connectivity index (χ4v) is 2.83. The van der Waals surface area contributed by atoms with Gasteiger partial charge in [-0.25, -0.2) is 4.79 Å². The van der Waals surface area contributed by atoms with E-state index in [2.05, 4.69) is 0 Å². The molecule has 0 bridgehead atoms. The van der Waals surface area contributed by atoms with Crippen LogP contribution in [0.2, 0.25) is 0 Å². The number of benzene rings is 1. The van der Waals surface area contributed by atoms with Crippen LogP contribution in [0.25, 0.3) is 6.08 Å². The molecular weight excluding hydrogens is 380 g/mol. The van der Waals surface area contributed by atoms with Crippen LogP contribution in [0.1, 0.15) is 33.3 Å². The van der Waals surface area contributed by atoms with Gasteiger partial charge in [0.25, 0.3) is 11.6 Å². The number of nitro groups is 1. The van der Waals surface area contributed by atoms with Gasteiger partial charge in [-0.2, -0.15) is 0 Å². The summed E-state index contributed by atoms with van der Waals surface area (Å²) >= 11 is 0.